The van der Waals surface area contributed by atoms with E-state index >= 15 is 0 Å². The first-order valence-electron chi connectivity index (χ1n) is 8.43. The maximum absolute atomic E-state index is 12.3. The van der Waals surface area contributed by atoms with Gasteiger partial charge in [-0.3, -0.25) is 4.79 Å². The number of carbonyl (C=O) groups excluding carboxylic acids is 1. The first-order valence-corrected chi connectivity index (χ1v) is 8.43. The minimum atomic E-state index is -0.165. The fourth-order valence-corrected chi connectivity index (χ4v) is 2.04. The molecule has 2 aromatic carbocycles. The summed E-state index contributed by atoms with van der Waals surface area (Å²) in [6, 6.07) is 14.4. The Morgan fingerprint density at radius 3 is 2.24 bits per heavy atom. The van der Waals surface area contributed by atoms with Crippen molar-refractivity contribution in [3.8, 4) is 11.5 Å². The summed E-state index contributed by atoms with van der Waals surface area (Å²) in [6.07, 6.45) is 1.12. The number of ether oxygens (including phenoxy) is 2. The number of benzene rings is 2. The van der Waals surface area contributed by atoms with E-state index in [0.717, 1.165) is 23.4 Å². The van der Waals surface area contributed by atoms with Crippen LogP contribution in [0.1, 0.15) is 37.6 Å². The lowest BCUT2D eigenvalue weighted by molar-refractivity contribution is 0.102. The fourth-order valence-electron chi connectivity index (χ4n) is 2.04. The molecule has 0 aromatic heterocycles. The van der Waals surface area contributed by atoms with Gasteiger partial charge in [-0.2, -0.15) is 0 Å². The van der Waals surface area contributed by atoms with Gasteiger partial charge >= 0.3 is 0 Å². The third kappa shape index (κ3) is 5.99. The van der Waals surface area contributed by atoms with E-state index in [0.29, 0.717) is 17.9 Å². The number of hydrogen-bond donors (Lipinski definition) is 1. The molecule has 1 N–H and O–H groups in total. The van der Waals surface area contributed by atoms with Crippen LogP contribution in [-0.4, -0.2) is 18.6 Å². The molecule has 0 aliphatic heterocycles. The third-order valence-electron chi connectivity index (χ3n) is 3.63. The van der Waals surface area contributed by atoms with Gasteiger partial charge in [0.1, 0.15) is 18.1 Å². The molecule has 2 rings (SSSR count). The zero-order valence-electron chi connectivity index (χ0n) is 15.0. The molecule has 1 atom stereocenters. The lowest BCUT2D eigenvalue weighted by Gasteiger charge is -2.13. The quantitative estimate of drug-likeness (QED) is 0.683. The van der Waals surface area contributed by atoms with Crippen molar-refractivity contribution in [3.63, 3.8) is 0 Å². The van der Waals surface area contributed by atoms with Gasteiger partial charge in [-0.1, -0.05) is 13.5 Å². The summed E-state index contributed by atoms with van der Waals surface area (Å²) < 4.78 is 11.3. The van der Waals surface area contributed by atoms with Gasteiger partial charge in [0.25, 0.3) is 5.91 Å². The Hall–Kier alpha value is -2.75. The molecule has 25 heavy (non-hydrogen) atoms. The minimum Gasteiger partial charge on any atom is -0.491 e. The van der Waals surface area contributed by atoms with Gasteiger partial charge in [0.2, 0.25) is 0 Å². The SMILES string of the molecule is C=C(C)COc1ccc(C(=O)Nc2ccc(OC(C)CC)cc2)cc1. The summed E-state index contributed by atoms with van der Waals surface area (Å²) in [7, 11) is 0. The second kappa shape index (κ2) is 8.92. The molecular formula is C21H25NO3. The van der Waals surface area contributed by atoms with Crippen LogP contribution in [0.4, 0.5) is 5.69 Å². The fraction of sp³-hybridized carbons (Fsp3) is 0.286. The molecule has 1 amide bonds. The van der Waals surface area contributed by atoms with E-state index in [-0.39, 0.29) is 12.0 Å². The lowest BCUT2D eigenvalue weighted by Crippen LogP contribution is -2.12. The molecule has 0 bridgehead atoms. The number of hydrogen-bond acceptors (Lipinski definition) is 3. The average Bonchev–Trinajstić information content (AvgIpc) is 2.61. The number of anilines is 1. The van der Waals surface area contributed by atoms with Crippen LogP contribution in [0.25, 0.3) is 0 Å². The number of amides is 1. The molecule has 0 saturated carbocycles. The van der Waals surface area contributed by atoms with Crippen molar-refractivity contribution in [2.75, 3.05) is 11.9 Å². The van der Waals surface area contributed by atoms with Gasteiger partial charge in [-0.25, -0.2) is 0 Å². The van der Waals surface area contributed by atoms with E-state index in [1.807, 2.05) is 38.1 Å². The van der Waals surface area contributed by atoms with E-state index in [1.165, 1.54) is 0 Å². The molecule has 0 saturated heterocycles. The van der Waals surface area contributed by atoms with Crippen molar-refractivity contribution < 1.29 is 14.3 Å². The Morgan fingerprint density at radius 2 is 1.68 bits per heavy atom. The van der Waals surface area contributed by atoms with Crippen LogP contribution in [0.5, 0.6) is 11.5 Å². The maximum Gasteiger partial charge on any atom is 0.255 e. The second-order valence-corrected chi connectivity index (χ2v) is 6.09. The number of nitrogens with one attached hydrogen (secondary N) is 1. The van der Waals surface area contributed by atoms with Crippen LogP contribution in [0.3, 0.4) is 0 Å². The van der Waals surface area contributed by atoms with Gasteiger partial charge < -0.3 is 14.8 Å². The summed E-state index contributed by atoms with van der Waals surface area (Å²) in [4.78, 5) is 12.3. The van der Waals surface area contributed by atoms with E-state index < -0.39 is 0 Å². The maximum atomic E-state index is 12.3. The second-order valence-electron chi connectivity index (χ2n) is 6.09. The highest BCUT2D eigenvalue weighted by Crippen LogP contribution is 2.19. The molecule has 0 aliphatic rings. The molecule has 0 aliphatic carbocycles. The van der Waals surface area contributed by atoms with Crippen molar-refractivity contribution in [2.45, 2.75) is 33.3 Å². The van der Waals surface area contributed by atoms with Gasteiger partial charge in [-0.15, -0.1) is 0 Å². The monoisotopic (exact) mass is 339 g/mol. The molecule has 0 spiro atoms. The Balaban J connectivity index is 1.93. The lowest BCUT2D eigenvalue weighted by atomic mass is 10.2. The summed E-state index contributed by atoms with van der Waals surface area (Å²) in [5.74, 6) is 1.35. The standard InChI is InChI=1S/C21H25NO3/c1-5-16(4)25-20-12-8-18(9-13-20)22-21(23)17-6-10-19(11-7-17)24-14-15(2)3/h6-13,16H,2,5,14H2,1,3-4H3,(H,22,23). The van der Waals surface area contributed by atoms with Crippen LogP contribution in [0.2, 0.25) is 0 Å². The van der Waals surface area contributed by atoms with E-state index in [1.54, 1.807) is 24.3 Å². The van der Waals surface area contributed by atoms with Crippen LogP contribution < -0.4 is 14.8 Å². The summed E-state index contributed by atoms with van der Waals surface area (Å²) in [5.41, 5.74) is 2.24. The Bertz CT molecular complexity index is 705. The van der Waals surface area contributed by atoms with Crippen molar-refractivity contribution in [2.24, 2.45) is 0 Å². The molecule has 4 heteroatoms. The molecule has 0 radical (unpaired) electrons. The van der Waals surface area contributed by atoms with Crippen LogP contribution in [-0.2, 0) is 0 Å². The third-order valence-corrected chi connectivity index (χ3v) is 3.63. The van der Waals surface area contributed by atoms with Gasteiger partial charge in [0.15, 0.2) is 0 Å². The van der Waals surface area contributed by atoms with Crippen LogP contribution >= 0.6 is 0 Å². The Morgan fingerprint density at radius 1 is 1.08 bits per heavy atom. The predicted octanol–water partition coefficient (Wildman–Crippen LogP) is 5.07. The molecule has 4 nitrogen and oxygen atoms in total. The molecule has 1 unspecified atom stereocenters. The van der Waals surface area contributed by atoms with Gasteiger partial charge in [0, 0.05) is 11.3 Å². The Kier molecular flexibility index (Phi) is 6.63. The average molecular weight is 339 g/mol. The number of carbonyl (C=O) groups is 1. The topological polar surface area (TPSA) is 47.6 Å². The van der Waals surface area contributed by atoms with E-state index in [2.05, 4.69) is 18.8 Å². The van der Waals surface area contributed by atoms with Gasteiger partial charge in [0.05, 0.1) is 6.10 Å². The zero-order chi connectivity index (χ0) is 18.2. The van der Waals surface area contributed by atoms with Crippen LogP contribution in [0, 0.1) is 0 Å². The zero-order valence-corrected chi connectivity index (χ0v) is 15.0. The summed E-state index contributed by atoms with van der Waals surface area (Å²) in [5, 5.41) is 2.87. The van der Waals surface area contributed by atoms with Crippen LogP contribution in [0.15, 0.2) is 60.7 Å². The first-order chi connectivity index (χ1) is 12.0. The molecular weight excluding hydrogens is 314 g/mol. The predicted molar refractivity (Wildman–Crippen MR) is 102 cm³/mol. The van der Waals surface area contributed by atoms with Crippen molar-refractivity contribution >= 4 is 11.6 Å². The van der Waals surface area contributed by atoms with E-state index in [9.17, 15) is 4.79 Å². The van der Waals surface area contributed by atoms with E-state index in [4.69, 9.17) is 9.47 Å². The van der Waals surface area contributed by atoms with Crippen molar-refractivity contribution in [3.05, 3.63) is 66.2 Å². The Labute approximate surface area is 149 Å². The van der Waals surface area contributed by atoms with Crippen molar-refractivity contribution in [1.82, 2.24) is 0 Å². The largest absolute Gasteiger partial charge is 0.491 e. The molecule has 2 aromatic rings. The summed E-state index contributed by atoms with van der Waals surface area (Å²) >= 11 is 0. The van der Waals surface area contributed by atoms with Gasteiger partial charge in [-0.05, 0) is 74.4 Å². The smallest absolute Gasteiger partial charge is 0.255 e. The summed E-state index contributed by atoms with van der Waals surface area (Å²) in [6.45, 7) is 10.3. The first kappa shape index (κ1) is 18.6. The highest BCUT2D eigenvalue weighted by molar-refractivity contribution is 6.04. The minimum absolute atomic E-state index is 0.165. The molecule has 132 valence electrons. The number of rotatable bonds is 8. The normalized spacial score (nSPS) is 11.5. The highest BCUT2D eigenvalue weighted by atomic mass is 16.5. The molecule has 0 fully saturated rings. The highest BCUT2D eigenvalue weighted by Gasteiger charge is 2.07. The molecule has 0 heterocycles. The van der Waals surface area contributed by atoms with Crippen molar-refractivity contribution in [1.29, 1.82) is 0 Å².